The summed E-state index contributed by atoms with van der Waals surface area (Å²) in [6.07, 6.45) is 0. The van der Waals surface area contributed by atoms with Gasteiger partial charge in [-0.05, 0) is 80.8 Å². The van der Waals surface area contributed by atoms with Gasteiger partial charge in [0, 0.05) is 17.6 Å². The van der Waals surface area contributed by atoms with Gasteiger partial charge < -0.3 is 10.2 Å². The molecule has 196 valence electrons. The molecule has 0 radical (unpaired) electrons. The summed E-state index contributed by atoms with van der Waals surface area (Å²) in [4.78, 5) is 28.1. The quantitative estimate of drug-likeness (QED) is 0.370. The molecule has 9 heteroatoms. The monoisotopic (exact) mass is 585 g/mol. The van der Waals surface area contributed by atoms with E-state index in [2.05, 4.69) is 21.2 Å². The highest BCUT2D eigenvalue weighted by Gasteiger charge is 2.32. The first-order valence-corrected chi connectivity index (χ1v) is 14.2. The number of amides is 2. The van der Waals surface area contributed by atoms with Gasteiger partial charge >= 0.3 is 0 Å². The second kappa shape index (κ2) is 12.4. The molecule has 0 saturated heterocycles. The van der Waals surface area contributed by atoms with E-state index in [0.29, 0.717) is 12.2 Å². The Morgan fingerprint density at radius 1 is 0.946 bits per heavy atom. The standard InChI is InChI=1S/C28H32BrN3O4S/c1-5-30-28(34)22(4)31(18-23-10-9-11-24(29)17-23)27(33)19-32(25-15-20(2)14-21(3)16-25)37(35,36)26-12-7-6-8-13-26/h6-17,22H,5,18-19H2,1-4H3,(H,30,34)/t22-/m1/s1. The van der Waals surface area contributed by atoms with Crippen LogP contribution < -0.4 is 9.62 Å². The van der Waals surface area contributed by atoms with E-state index in [-0.39, 0.29) is 17.3 Å². The van der Waals surface area contributed by atoms with Gasteiger partial charge in [0.25, 0.3) is 10.0 Å². The fourth-order valence-corrected chi connectivity index (χ4v) is 5.95. The van der Waals surface area contributed by atoms with Crippen LogP contribution in [0.4, 0.5) is 5.69 Å². The Bertz CT molecular complexity index is 1340. The van der Waals surface area contributed by atoms with Crippen molar-refractivity contribution in [2.24, 2.45) is 0 Å². The zero-order valence-electron chi connectivity index (χ0n) is 21.4. The number of hydrogen-bond donors (Lipinski definition) is 1. The van der Waals surface area contributed by atoms with Crippen LogP contribution in [-0.2, 0) is 26.2 Å². The van der Waals surface area contributed by atoms with Crippen LogP contribution in [0.5, 0.6) is 0 Å². The van der Waals surface area contributed by atoms with E-state index >= 15 is 0 Å². The maximum Gasteiger partial charge on any atom is 0.264 e. The molecule has 2 amide bonds. The van der Waals surface area contributed by atoms with Crippen molar-refractivity contribution in [1.82, 2.24) is 10.2 Å². The molecular weight excluding hydrogens is 554 g/mol. The number of nitrogens with one attached hydrogen (secondary N) is 1. The SMILES string of the molecule is CCNC(=O)[C@@H](C)N(Cc1cccc(Br)c1)C(=O)CN(c1cc(C)cc(C)c1)S(=O)(=O)c1ccccc1. The van der Waals surface area contributed by atoms with Crippen LogP contribution in [0.1, 0.15) is 30.5 Å². The van der Waals surface area contributed by atoms with E-state index < -0.39 is 28.5 Å². The van der Waals surface area contributed by atoms with Crippen LogP contribution in [0.3, 0.4) is 0 Å². The van der Waals surface area contributed by atoms with Gasteiger partial charge in [0.05, 0.1) is 10.6 Å². The van der Waals surface area contributed by atoms with Gasteiger partial charge in [-0.3, -0.25) is 13.9 Å². The van der Waals surface area contributed by atoms with E-state index in [1.54, 1.807) is 44.2 Å². The lowest BCUT2D eigenvalue weighted by molar-refractivity contribution is -0.139. The zero-order valence-corrected chi connectivity index (χ0v) is 23.8. The fraction of sp³-hybridized carbons (Fsp3) is 0.286. The maximum atomic E-state index is 13.8. The predicted molar refractivity (Wildman–Crippen MR) is 150 cm³/mol. The number of carbonyl (C=O) groups excluding carboxylic acids is 2. The third-order valence-corrected chi connectivity index (χ3v) is 8.15. The van der Waals surface area contributed by atoms with Crippen molar-refractivity contribution in [3.05, 3.63) is 94.0 Å². The Labute approximate surface area is 227 Å². The molecule has 0 saturated carbocycles. The molecule has 0 spiro atoms. The van der Waals surface area contributed by atoms with Crippen molar-refractivity contribution in [2.45, 2.75) is 45.2 Å². The van der Waals surface area contributed by atoms with Crippen LogP contribution >= 0.6 is 15.9 Å². The number of nitrogens with zero attached hydrogens (tertiary/aromatic N) is 2. The Morgan fingerprint density at radius 2 is 1.59 bits per heavy atom. The lowest BCUT2D eigenvalue weighted by Crippen LogP contribution is -2.51. The summed E-state index contributed by atoms with van der Waals surface area (Å²) in [7, 11) is -4.07. The Balaban J connectivity index is 2.05. The molecule has 7 nitrogen and oxygen atoms in total. The van der Waals surface area contributed by atoms with E-state index in [4.69, 9.17) is 0 Å². The number of benzene rings is 3. The summed E-state index contributed by atoms with van der Waals surface area (Å²) in [5.74, 6) is -0.799. The third-order valence-electron chi connectivity index (χ3n) is 5.86. The summed E-state index contributed by atoms with van der Waals surface area (Å²) in [6, 6.07) is 20.1. The smallest absolute Gasteiger partial charge is 0.264 e. The molecule has 37 heavy (non-hydrogen) atoms. The first-order chi connectivity index (χ1) is 17.5. The van der Waals surface area contributed by atoms with Gasteiger partial charge in [0.1, 0.15) is 12.6 Å². The molecule has 3 rings (SSSR count). The average Bonchev–Trinajstić information content (AvgIpc) is 2.85. The lowest BCUT2D eigenvalue weighted by atomic mass is 10.1. The Morgan fingerprint density at radius 3 is 2.19 bits per heavy atom. The van der Waals surface area contributed by atoms with Gasteiger partial charge in [-0.15, -0.1) is 0 Å². The van der Waals surface area contributed by atoms with Crippen molar-refractivity contribution in [1.29, 1.82) is 0 Å². The minimum atomic E-state index is -4.07. The Kier molecular flexibility index (Phi) is 9.50. The molecule has 0 unspecified atom stereocenters. The van der Waals surface area contributed by atoms with Crippen LogP contribution in [0.25, 0.3) is 0 Å². The number of sulfonamides is 1. The first-order valence-electron chi connectivity index (χ1n) is 12.0. The molecule has 1 N–H and O–H groups in total. The molecule has 3 aromatic rings. The summed E-state index contributed by atoms with van der Waals surface area (Å²) in [5.41, 5.74) is 2.94. The number of anilines is 1. The summed E-state index contributed by atoms with van der Waals surface area (Å²) < 4.78 is 29.6. The molecule has 0 heterocycles. The number of aryl methyl sites for hydroxylation is 2. The molecule has 1 atom stereocenters. The highest BCUT2D eigenvalue weighted by atomic mass is 79.9. The van der Waals surface area contributed by atoms with Crippen LogP contribution in [0.15, 0.2) is 82.2 Å². The van der Waals surface area contributed by atoms with Gasteiger partial charge in [-0.25, -0.2) is 8.42 Å². The number of rotatable bonds is 10. The van der Waals surface area contributed by atoms with E-state index in [1.807, 2.05) is 44.2 Å². The van der Waals surface area contributed by atoms with Crippen molar-refractivity contribution in [3.8, 4) is 0 Å². The maximum absolute atomic E-state index is 13.8. The second-order valence-electron chi connectivity index (χ2n) is 8.89. The number of likely N-dealkylation sites (N-methyl/N-ethyl adjacent to an activating group) is 1. The molecule has 0 aliphatic rings. The molecule has 0 bridgehead atoms. The zero-order chi connectivity index (χ0) is 27.2. The van der Waals surface area contributed by atoms with E-state index in [0.717, 1.165) is 25.5 Å². The lowest BCUT2D eigenvalue weighted by Gasteiger charge is -2.32. The minimum Gasteiger partial charge on any atom is -0.355 e. The van der Waals surface area contributed by atoms with Gasteiger partial charge in [-0.2, -0.15) is 0 Å². The third kappa shape index (κ3) is 7.20. The second-order valence-corrected chi connectivity index (χ2v) is 11.7. The molecular formula is C28H32BrN3O4S. The fourth-order valence-electron chi connectivity index (χ4n) is 4.08. The predicted octanol–water partition coefficient (Wildman–Crippen LogP) is 4.81. The number of carbonyl (C=O) groups is 2. The first kappa shape index (κ1) is 28.4. The van der Waals surface area contributed by atoms with Crippen LogP contribution in [0.2, 0.25) is 0 Å². The summed E-state index contributed by atoms with van der Waals surface area (Å²) in [5, 5.41) is 2.76. The van der Waals surface area contributed by atoms with E-state index in [9.17, 15) is 18.0 Å². The normalized spacial score (nSPS) is 12.0. The van der Waals surface area contributed by atoms with Crippen molar-refractivity contribution < 1.29 is 18.0 Å². The molecule has 0 aliphatic carbocycles. The number of halogens is 1. The van der Waals surface area contributed by atoms with Crippen LogP contribution in [-0.4, -0.2) is 44.3 Å². The number of hydrogen-bond acceptors (Lipinski definition) is 4. The minimum absolute atomic E-state index is 0.0808. The topological polar surface area (TPSA) is 86.8 Å². The summed E-state index contributed by atoms with van der Waals surface area (Å²) in [6.45, 7) is 7.30. The largest absolute Gasteiger partial charge is 0.355 e. The molecule has 0 aromatic heterocycles. The van der Waals surface area contributed by atoms with Gasteiger partial charge in [-0.1, -0.05) is 52.3 Å². The highest BCUT2D eigenvalue weighted by Crippen LogP contribution is 2.26. The van der Waals surface area contributed by atoms with Crippen molar-refractivity contribution in [2.75, 3.05) is 17.4 Å². The van der Waals surface area contributed by atoms with E-state index in [1.165, 1.54) is 17.0 Å². The molecule has 0 aliphatic heterocycles. The average molecular weight is 587 g/mol. The van der Waals surface area contributed by atoms with Crippen LogP contribution in [0, 0.1) is 13.8 Å². The Hall–Kier alpha value is -3.17. The van der Waals surface area contributed by atoms with Gasteiger partial charge in [0.2, 0.25) is 11.8 Å². The highest BCUT2D eigenvalue weighted by molar-refractivity contribution is 9.10. The van der Waals surface area contributed by atoms with Crippen molar-refractivity contribution in [3.63, 3.8) is 0 Å². The van der Waals surface area contributed by atoms with Gasteiger partial charge in [0.15, 0.2) is 0 Å². The summed E-state index contributed by atoms with van der Waals surface area (Å²) >= 11 is 3.45. The molecule has 3 aromatic carbocycles. The molecule has 0 fully saturated rings. The van der Waals surface area contributed by atoms with Crippen molar-refractivity contribution >= 4 is 43.5 Å².